The summed E-state index contributed by atoms with van der Waals surface area (Å²) in [6.45, 7) is 1.94. The van der Waals surface area contributed by atoms with Crippen molar-refractivity contribution in [2.24, 2.45) is 0 Å². The minimum Gasteiger partial charge on any atom is -0.497 e. The Morgan fingerprint density at radius 3 is 2.75 bits per heavy atom. The highest BCUT2D eigenvalue weighted by molar-refractivity contribution is 6.17. The first-order chi connectivity index (χ1) is 13.6. The smallest absolute Gasteiger partial charge is 0.255 e. The van der Waals surface area contributed by atoms with Crippen LogP contribution >= 0.6 is 0 Å². The van der Waals surface area contributed by atoms with E-state index in [0.717, 1.165) is 49.7 Å². The van der Waals surface area contributed by atoms with Gasteiger partial charge in [0, 0.05) is 32.9 Å². The molecule has 1 amide bonds. The number of amides is 1. The molecule has 0 aliphatic carbocycles. The molecule has 0 saturated carbocycles. The molecule has 0 aliphatic heterocycles. The quantitative estimate of drug-likeness (QED) is 0.428. The number of hydrogen-bond donors (Lipinski definition) is 3. The number of fused-ring (bicyclic) bond motifs is 5. The van der Waals surface area contributed by atoms with E-state index in [4.69, 9.17) is 4.74 Å². The lowest BCUT2D eigenvalue weighted by Crippen LogP contribution is -2.12. The minimum atomic E-state index is -0.146. The highest BCUT2D eigenvalue weighted by Crippen LogP contribution is 2.31. The van der Waals surface area contributed by atoms with E-state index < -0.39 is 0 Å². The first-order valence-corrected chi connectivity index (χ1v) is 8.97. The third kappa shape index (κ3) is 2.50. The van der Waals surface area contributed by atoms with Crippen molar-refractivity contribution in [3.05, 3.63) is 65.9 Å². The number of carbonyl (C=O) groups is 1. The van der Waals surface area contributed by atoms with Gasteiger partial charge in [0.05, 0.1) is 24.3 Å². The monoisotopic (exact) mass is 370 g/mol. The summed E-state index contributed by atoms with van der Waals surface area (Å²) in [6, 6.07) is 15.4. The van der Waals surface area contributed by atoms with Crippen LogP contribution in [0.1, 0.15) is 15.9 Å². The number of nitrogens with zero attached hydrogens (tertiary/aromatic N) is 1. The standard InChI is InChI=1S/C22H18N4O2/c1-12-9-15(28-2)5-8-18(12)25-22(27)13-4-7-19-17(10-13)16-6-3-14-11-23-26-20(14)21(16)24-19/h3-11,24H,1-2H3,(H,23,26)(H,25,27). The van der Waals surface area contributed by atoms with Crippen molar-refractivity contribution < 1.29 is 9.53 Å². The zero-order valence-corrected chi connectivity index (χ0v) is 15.5. The molecule has 2 heterocycles. The van der Waals surface area contributed by atoms with Crippen LogP contribution in [0.25, 0.3) is 32.7 Å². The van der Waals surface area contributed by atoms with E-state index in [1.165, 1.54) is 0 Å². The topological polar surface area (TPSA) is 82.8 Å². The van der Waals surface area contributed by atoms with E-state index >= 15 is 0 Å². The zero-order chi connectivity index (χ0) is 19.3. The highest BCUT2D eigenvalue weighted by Gasteiger charge is 2.13. The molecule has 3 N–H and O–H groups in total. The first-order valence-electron chi connectivity index (χ1n) is 8.97. The first kappa shape index (κ1) is 16.4. The van der Waals surface area contributed by atoms with Gasteiger partial charge in [-0.15, -0.1) is 0 Å². The molecule has 28 heavy (non-hydrogen) atoms. The zero-order valence-electron chi connectivity index (χ0n) is 15.5. The van der Waals surface area contributed by atoms with Crippen molar-refractivity contribution in [2.45, 2.75) is 6.92 Å². The second-order valence-corrected chi connectivity index (χ2v) is 6.84. The normalized spacial score (nSPS) is 11.4. The molecule has 0 fully saturated rings. The van der Waals surface area contributed by atoms with Crippen molar-refractivity contribution in [1.29, 1.82) is 0 Å². The van der Waals surface area contributed by atoms with Crippen LogP contribution in [0.3, 0.4) is 0 Å². The Hall–Kier alpha value is -3.80. The summed E-state index contributed by atoms with van der Waals surface area (Å²) < 4.78 is 5.22. The molecule has 0 aliphatic rings. The van der Waals surface area contributed by atoms with Gasteiger partial charge in [-0.2, -0.15) is 5.10 Å². The number of aromatic amines is 2. The molecule has 0 saturated heterocycles. The van der Waals surface area contributed by atoms with Gasteiger partial charge in [0.2, 0.25) is 0 Å². The number of rotatable bonds is 3. The van der Waals surface area contributed by atoms with Crippen molar-refractivity contribution >= 4 is 44.3 Å². The Morgan fingerprint density at radius 2 is 1.93 bits per heavy atom. The van der Waals surface area contributed by atoms with Crippen LogP contribution in [0.2, 0.25) is 0 Å². The SMILES string of the molecule is COc1ccc(NC(=O)c2ccc3[nH]c4c(ccc5cn[nH]c54)c3c2)c(C)c1. The number of aromatic nitrogens is 3. The summed E-state index contributed by atoms with van der Waals surface area (Å²) in [7, 11) is 1.63. The second kappa shape index (κ2) is 6.13. The van der Waals surface area contributed by atoms with Gasteiger partial charge in [0.25, 0.3) is 5.91 Å². The van der Waals surface area contributed by atoms with Crippen LogP contribution in [-0.2, 0) is 0 Å². The van der Waals surface area contributed by atoms with Gasteiger partial charge in [-0.05, 0) is 48.9 Å². The molecule has 2 aromatic heterocycles. The van der Waals surface area contributed by atoms with E-state index in [9.17, 15) is 4.79 Å². The third-order valence-corrected chi connectivity index (χ3v) is 5.13. The molecule has 6 nitrogen and oxygen atoms in total. The van der Waals surface area contributed by atoms with Crippen LogP contribution in [0.15, 0.2) is 54.7 Å². The third-order valence-electron chi connectivity index (χ3n) is 5.13. The molecule has 0 atom stereocenters. The Morgan fingerprint density at radius 1 is 1.04 bits per heavy atom. The average Bonchev–Trinajstić information content (AvgIpc) is 3.32. The largest absolute Gasteiger partial charge is 0.497 e. The van der Waals surface area contributed by atoms with E-state index in [2.05, 4.69) is 26.6 Å². The van der Waals surface area contributed by atoms with Crippen molar-refractivity contribution in [2.75, 3.05) is 12.4 Å². The van der Waals surface area contributed by atoms with Gasteiger partial charge >= 0.3 is 0 Å². The van der Waals surface area contributed by atoms with Gasteiger partial charge in [-0.1, -0.05) is 12.1 Å². The van der Waals surface area contributed by atoms with Gasteiger partial charge < -0.3 is 15.0 Å². The van der Waals surface area contributed by atoms with Crippen molar-refractivity contribution in [3.8, 4) is 5.75 Å². The maximum Gasteiger partial charge on any atom is 0.255 e. The fourth-order valence-electron chi connectivity index (χ4n) is 3.62. The number of nitrogens with one attached hydrogen (secondary N) is 3. The molecule has 138 valence electrons. The average molecular weight is 370 g/mol. The molecular formula is C22H18N4O2. The van der Waals surface area contributed by atoms with Crippen molar-refractivity contribution in [1.82, 2.24) is 15.2 Å². The number of ether oxygens (including phenoxy) is 1. The maximum atomic E-state index is 12.8. The molecule has 0 radical (unpaired) electrons. The number of hydrogen-bond acceptors (Lipinski definition) is 3. The van der Waals surface area contributed by atoms with Gasteiger partial charge in [-0.3, -0.25) is 9.89 Å². The lowest BCUT2D eigenvalue weighted by atomic mass is 10.1. The number of aryl methyl sites for hydroxylation is 1. The van der Waals surface area contributed by atoms with E-state index in [1.54, 1.807) is 13.3 Å². The van der Waals surface area contributed by atoms with Crippen LogP contribution in [0, 0.1) is 6.92 Å². The fourth-order valence-corrected chi connectivity index (χ4v) is 3.62. The summed E-state index contributed by atoms with van der Waals surface area (Å²) in [5.41, 5.74) is 5.26. The summed E-state index contributed by atoms with van der Waals surface area (Å²) >= 11 is 0. The number of benzene rings is 3. The predicted octanol–water partition coefficient (Wildman–Crippen LogP) is 4.77. The Balaban J connectivity index is 1.55. The van der Waals surface area contributed by atoms with Crippen LogP contribution in [0.5, 0.6) is 5.75 Å². The molecule has 5 aromatic rings. The van der Waals surface area contributed by atoms with Gasteiger partial charge in [0.15, 0.2) is 0 Å². The summed E-state index contributed by atoms with van der Waals surface area (Å²) in [5.74, 6) is 0.618. The summed E-state index contributed by atoms with van der Waals surface area (Å²) in [6.07, 6.45) is 1.80. The fraction of sp³-hybridized carbons (Fsp3) is 0.0909. The molecule has 3 aromatic carbocycles. The van der Waals surface area contributed by atoms with Crippen molar-refractivity contribution in [3.63, 3.8) is 0 Å². The molecule has 0 spiro atoms. The number of methoxy groups -OCH3 is 1. The second-order valence-electron chi connectivity index (χ2n) is 6.84. The van der Waals surface area contributed by atoms with Crippen LogP contribution in [-0.4, -0.2) is 28.2 Å². The molecule has 5 rings (SSSR count). The van der Waals surface area contributed by atoms with Gasteiger partial charge in [0.1, 0.15) is 5.75 Å². The molecule has 0 bridgehead atoms. The Labute approximate surface area is 160 Å². The number of H-pyrrole nitrogens is 2. The Bertz CT molecular complexity index is 1360. The minimum absolute atomic E-state index is 0.146. The number of anilines is 1. The number of carbonyl (C=O) groups excluding carboxylic acids is 1. The molecule has 6 heteroatoms. The van der Waals surface area contributed by atoms with E-state index in [0.29, 0.717) is 5.56 Å². The predicted molar refractivity (Wildman–Crippen MR) is 111 cm³/mol. The maximum absolute atomic E-state index is 12.8. The molecule has 0 unspecified atom stereocenters. The molecular weight excluding hydrogens is 352 g/mol. The highest BCUT2D eigenvalue weighted by atomic mass is 16.5. The summed E-state index contributed by atoms with van der Waals surface area (Å²) in [5, 5.41) is 13.3. The lowest BCUT2D eigenvalue weighted by Gasteiger charge is -2.10. The summed E-state index contributed by atoms with van der Waals surface area (Å²) in [4.78, 5) is 16.3. The Kier molecular flexibility index (Phi) is 3.58. The van der Waals surface area contributed by atoms with E-state index in [-0.39, 0.29) is 5.91 Å². The van der Waals surface area contributed by atoms with Crippen LogP contribution < -0.4 is 10.1 Å². The van der Waals surface area contributed by atoms with Gasteiger partial charge in [-0.25, -0.2) is 0 Å². The van der Waals surface area contributed by atoms with Crippen LogP contribution in [0.4, 0.5) is 5.69 Å². The van der Waals surface area contributed by atoms with E-state index in [1.807, 2.05) is 49.4 Å². The lowest BCUT2D eigenvalue weighted by molar-refractivity contribution is 0.102.